The van der Waals surface area contributed by atoms with Crippen molar-refractivity contribution in [3.8, 4) is 0 Å². The number of Topliss-reactive ketones (excluding diaryl/α,β-unsaturated/α-hetero) is 1. The van der Waals surface area contributed by atoms with Crippen LogP contribution in [0.25, 0.3) is 0 Å². The van der Waals surface area contributed by atoms with Gasteiger partial charge in [-0.1, -0.05) is 48.5 Å². The minimum atomic E-state index is -4.64. The van der Waals surface area contributed by atoms with Gasteiger partial charge in [-0.25, -0.2) is 0 Å². The Hall–Kier alpha value is -4.20. The van der Waals surface area contributed by atoms with E-state index in [1.165, 1.54) is 18.2 Å². The molecule has 2 heterocycles. The van der Waals surface area contributed by atoms with Crippen LogP contribution >= 0.6 is 0 Å². The first-order valence-corrected chi connectivity index (χ1v) is 11.9. The van der Waals surface area contributed by atoms with Crippen LogP contribution in [0.3, 0.4) is 0 Å². The number of amides is 1. The lowest BCUT2D eigenvalue weighted by Gasteiger charge is -2.37. The number of alkyl halides is 3. The Balaban J connectivity index is 1.55. The summed E-state index contributed by atoms with van der Waals surface area (Å²) in [6.07, 6.45) is -0.620. The Labute approximate surface area is 212 Å². The zero-order chi connectivity index (χ0) is 26.2. The minimum Gasteiger partial charge on any atom is -0.362 e. The number of ketones is 1. The number of carbonyl (C=O) groups excluding carboxylic acids is 2. The normalized spacial score (nSPS) is 19.8. The third-order valence-electron chi connectivity index (χ3n) is 6.84. The van der Waals surface area contributed by atoms with E-state index in [1.54, 1.807) is 31.5 Å². The number of benzene rings is 2. The number of halogens is 3. The molecule has 2 aromatic carbocycles. The standard InChI is InChI=1S/C29H24F3N3O2/c1-17-25(28(37)35-22-12-6-5-11-21(22)29(30,31)32)26(19-10-7-13-33-16-19)27-23(34-17)14-20(15-24(27)36)18-8-3-2-4-9-18/h2-13,16,20,26,34H,14-15H2,1H3,(H,35,37). The van der Waals surface area contributed by atoms with Crippen LogP contribution in [0.5, 0.6) is 0 Å². The Morgan fingerprint density at radius 3 is 2.38 bits per heavy atom. The number of para-hydroxylation sites is 1. The summed E-state index contributed by atoms with van der Waals surface area (Å²) in [6, 6.07) is 18.1. The molecule has 0 spiro atoms. The number of rotatable bonds is 4. The third-order valence-corrected chi connectivity index (χ3v) is 6.84. The number of dihydropyridines is 1. The molecule has 1 aromatic heterocycles. The molecule has 2 aliphatic rings. The molecule has 2 unspecified atom stereocenters. The van der Waals surface area contributed by atoms with Gasteiger partial charge < -0.3 is 10.6 Å². The van der Waals surface area contributed by atoms with Crippen LogP contribution in [0, 0.1) is 0 Å². The highest BCUT2D eigenvalue weighted by Crippen LogP contribution is 2.45. The average Bonchev–Trinajstić information content (AvgIpc) is 2.88. The van der Waals surface area contributed by atoms with Crippen LogP contribution < -0.4 is 10.6 Å². The van der Waals surface area contributed by atoms with E-state index in [4.69, 9.17) is 0 Å². The monoisotopic (exact) mass is 503 g/mol. The van der Waals surface area contributed by atoms with Crippen LogP contribution in [0.4, 0.5) is 18.9 Å². The molecule has 5 nitrogen and oxygen atoms in total. The number of allylic oxidation sites excluding steroid dienone is 3. The van der Waals surface area contributed by atoms with E-state index < -0.39 is 23.6 Å². The number of aromatic nitrogens is 1. The Morgan fingerprint density at radius 1 is 0.973 bits per heavy atom. The van der Waals surface area contributed by atoms with Crippen LogP contribution in [0.15, 0.2) is 102 Å². The lowest BCUT2D eigenvalue weighted by molar-refractivity contribution is -0.137. The second kappa shape index (κ2) is 9.69. The first kappa shape index (κ1) is 24.5. The van der Waals surface area contributed by atoms with Crippen molar-refractivity contribution >= 4 is 17.4 Å². The number of nitrogens with zero attached hydrogens (tertiary/aromatic N) is 1. The number of nitrogens with one attached hydrogen (secondary N) is 2. The minimum absolute atomic E-state index is 0.0173. The van der Waals surface area contributed by atoms with E-state index in [-0.39, 0.29) is 29.4 Å². The van der Waals surface area contributed by atoms with Crippen molar-refractivity contribution in [1.29, 1.82) is 0 Å². The van der Waals surface area contributed by atoms with Gasteiger partial charge in [-0.2, -0.15) is 13.2 Å². The molecule has 3 aromatic rings. The van der Waals surface area contributed by atoms with E-state index >= 15 is 0 Å². The fraction of sp³-hybridized carbons (Fsp3) is 0.207. The fourth-order valence-electron chi connectivity index (χ4n) is 5.21. The number of hydrogen-bond donors (Lipinski definition) is 2. The van der Waals surface area contributed by atoms with Crippen LogP contribution in [-0.4, -0.2) is 16.7 Å². The topological polar surface area (TPSA) is 71.1 Å². The molecule has 0 bridgehead atoms. The van der Waals surface area contributed by atoms with Gasteiger partial charge in [-0.3, -0.25) is 14.6 Å². The zero-order valence-corrected chi connectivity index (χ0v) is 20.0. The second-order valence-corrected chi connectivity index (χ2v) is 9.21. The lowest BCUT2D eigenvalue weighted by atomic mass is 9.72. The first-order chi connectivity index (χ1) is 17.7. The van der Waals surface area contributed by atoms with Gasteiger partial charge in [-0.15, -0.1) is 0 Å². The molecule has 8 heteroatoms. The highest BCUT2D eigenvalue weighted by molar-refractivity contribution is 6.10. The van der Waals surface area contributed by atoms with Crippen molar-refractivity contribution in [3.05, 3.63) is 118 Å². The van der Waals surface area contributed by atoms with E-state index in [0.29, 0.717) is 23.3 Å². The van der Waals surface area contributed by atoms with Gasteiger partial charge in [0.25, 0.3) is 5.91 Å². The van der Waals surface area contributed by atoms with Gasteiger partial charge in [0, 0.05) is 47.3 Å². The predicted octanol–water partition coefficient (Wildman–Crippen LogP) is 6.10. The molecule has 1 aliphatic carbocycles. The lowest BCUT2D eigenvalue weighted by Crippen LogP contribution is -2.37. The molecule has 2 atom stereocenters. The number of carbonyl (C=O) groups is 2. The largest absolute Gasteiger partial charge is 0.418 e. The molecule has 5 rings (SSSR count). The summed E-state index contributed by atoms with van der Waals surface area (Å²) in [5.74, 6) is -1.59. The summed E-state index contributed by atoms with van der Waals surface area (Å²) in [5.41, 5.74) is 2.24. The van der Waals surface area contributed by atoms with E-state index in [1.807, 2.05) is 30.3 Å². The number of anilines is 1. The summed E-state index contributed by atoms with van der Waals surface area (Å²) < 4.78 is 40.7. The Kier molecular flexibility index (Phi) is 6.41. The first-order valence-electron chi connectivity index (χ1n) is 11.9. The van der Waals surface area contributed by atoms with Crippen molar-refractivity contribution in [3.63, 3.8) is 0 Å². The Bertz CT molecular complexity index is 1410. The molecule has 2 N–H and O–H groups in total. The second-order valence-electron chi connectivity index (χ2n) is 9.21. The Morgan fingerprint density at radius 2 is 1.68 bits per heavy atom. The molecule has 1 amide bonds. The molecule has 37 heavy (non-hydrogen) atoms. The molecular formula is C29H24F3N3O2. The molecule has 1 aliphatic heterocycles. The maximum atomic E-state index is 13.6. The molecule has 0 radical (unpaired) electrons. The van der Waals surface area contributed by atoms with Crippen molar-refractivity contribution in [1.82, 2.24) is 10.3 Å². The molecule has 0 fully saturated rings. The van der Waals surface area contributed by atoms with Gasteiger partial charge >= 0.3 is 6.18 Å². The number of pyridine rings is 1. The number of hydrogen-bond acceptors (Lipinski definition) is 4. The van der Waals surface area contributed by atoms with Crippen LogP contribution in [-0.2, 0) is 15.8 Å². The van der Waals surface area contributed by atoms with E-state index in [0.717, 1.165) is 17.3 Å². The van der Waals surface area contributed by atoms with E-state index in [9.17, 15) is 22.8 Å². The summed E-state index contributed by atoms with van der Waals surface area (Å²) in [6.45, 7) is 1.70. The van der Waals surface area contributed by atoms with Crippen molar-refractivity contribution in [2.24, 2.45) is 0 Å². The third kappa shape index (κ3) is 4.79. The fourth-order valence-corrected chi connectivity index (χ4v) is 5.21. The van der Waals surface area contributed by atoms with Gasteiger partial charge in [0.05, 0.1) is 11.3 Å². The predicted molar refractivity (Wildman–Crippen MR) is 133 cm³/mol. The van der Waals surface area contributed by atoms with E-state index in [2.05, 4.69) is 15.6 Å². The highest BCUT2D eigenvalue weighted by Gasteiger charge is 2.41. The van der Waals surface area contributed by atoms with Crippen LogP contribution in [0.2, 0.25) is 0 Å². The maximum Gasteiger partial charge on any atom is 0.418 e. The molecular weight excluding hydrogens is 479 g/mol. The average molecular weight is 504 g/mol. The molecule has 0 saturated carbocycles. The summed E-state index contributed by atoms with van der Waals surface area (Å²) in [5, 5.41) is 5.70. The maximum absolute atomic E-state index is 13.6. The van der Waals surface area contributed by atoms with Gasteiger partial charge in [0.15, 0.2) is 5.78 Å². The summed E-state index contributed by atoms with van der Waals surface area (Å²) in [4.78, 5) is 31.3. The van der Waals surface area contributed by atoms with Gasteiger partial charge in [-0.05, 0) is 48.6 Å². The highest BCUT2D eigenvalue weighted by atomic mass is 19.4. The zero-order valence-electron chi connectivity index (χ0n) is 20.0. The van der Waals surface area contributed by atoms with Crippen molar-refractivity contribution in [2.45, 2.75) is 37.8 Å². The quantitative estimate of drug-likeness (QED) is 0.451. The molecule has 188 valence electrons. The summed E-state index contributed by atoms with van der Waals surface area (Å²) >= 11 is 0. The summed E-state index contributed by atoms with van der Waals surface area (Å²) in [7, 11) is 0. The van der Waals surface area contributed by atoms with Crippen molar-refractivity contribution in [2.75, 3.05) is 5.32 Å². The van der Waals surface area contributed by atoms with Crippen LogP contribution in [0.1, 0.15) is 48.3 Å². The van der Waals surface area contributed by atoms with Gasteiger partial charge in [0.1, 0.15) is 0 Å². The van der Waals surface area contributed by atoms with Crippen molar-refractivity contribution < 1.29 is 22.8 Å². The van der Waals surface area contributed by atoms with Gasteiger partial charge in [0.2, 0.25) is 0 Å². The SMILES string of the molecule is CC1=C(C(=O)Nc2ccccc2C(F)(F)F)C(c2cccnc2)C2=C(CC(c3ccccc3)CC2=O)N1. The molecule has 0 saturated heterocycles. The smallest absolute Gasteiger partial charge is 0.362 e.